The third kappa shape index (κ3) is 6.50. The Labute approximate surface area is 215 Å². The lowest BCUT2D eigenvalue weighted by Gasteiger charge is -2.37. The molecule has 180 valence electrons. The topological polar surface area (TPSA) is 49.3 Å². The summed E-state index contributed by atoms with van der Waals surface area (Å²) in [5.74, 6) is 1.74. The number of benzene rings is 1. The highest BCUT2D eigenvalue weighted by atomic mass is 127. The normalized spacial score (nSPS) is 24.2. The first-order chi connectivity index (χ1) is 15.2. The lowest BCUT2D eigenvalue weighted by molar-refractivity contribution is 0.0315. The van der Waals surface area contributed by atoms with Gasteiger partial charge in [0.2, 0.25) is 0 Å². The summed E-state index contributed by atoms with van der Waals surface area (Å²) >= 11 is 6.63. The molecule has 1 atom stereocenters. The number of likely N-dealkylation sites (tertiary alicyclic amines) is 1. The summed E-state index contributed by atoms with van der Waals surface area (Å²) in [7, 11) is 0. The Morgan fingerprint density at radius 3 is 2.56 bits per heavy atom. The number of morpholine rings is 1. The molecule has 4 rings (SSSR count). The minimum absolute atomic E-state index is 0. The van der Waals surface area contributed by atoms with E-state index in [0.717, 1.165) is 89.5 Å². The fourth-order valence-electron chi connectivity index (χ4n) is 5.14. The van der Waals surface area contributed by atoms with Crippen molar-refractivity contribution < 1.29 is 9.47 Å². The number of hydrogen-bond donors (Lipinski definition) is 1. The quantitative estimate of drug-likeness (QED) is 0.319. The van der Waals surface area contributed by atoms with Gasteiger partial charge in [-0.05, 0) is 43.7 Å². The highest BCUT2D eigenvalue weighted by Crippen LogP contribution is 2.39. The fraction of sp³-hybridized carbons (Fsp3) is 0.708. The van der Waals surface area contributed by atoms with Crippen molar-refractivity contribution in [3.8, 4) is 0 Å². The molecule has 1 N–H and O–H groups in total. The Morgan fingerprint density at radius 1 is 1.12 bits per heavy atom. The summed E-state index contributed by atoms with van der Waals surface area (Å²) < 4.78 is 11.2. The number of guanidine groups is 1. The molecular formula is C24H38ClIN4O2. The summed E-state index contributed by atoms with van der Waals surface area (Å²) in [6, 6.07) is 8.26. The zero-order chi connectivity index (χ0) is 21.5. The number of aliphatic imine (C=N–C) groups is 1. The summed E-state index contributed by atoms with van der Waals surface area (Å²) in [4.78, 5) is 10.2. The maximum absolute atomic E-state index is 6.63. The number of hydrogen-bond acceptors (Lipinski definition) is 4. The predicted octanol–water partition coefficient (Wildman–Crippen LogP) is 3.63. The Kier molecular flexibility index (Phi) is 10.4. The van der Waals surface area contributed by atoms with Crippen LogP contribution >= 0.6 is 35.6 Å². The van der Waals surface area contributed by atoms with E-state index in [2.05, 4.69) is 34.2 Å². The van der Waals surface area contributed by atoms with E-state index in [4.69, 9.17) is 26.1 Å². The zero-order valence-electron chi connectivity index (χ0n) is 19.2. The van der Waals surface area contributed by atoms with Gasteiger partial charge in [-0.1, -0.05) is 29.8 Å². The van der Waals surface area contributed by atoms with Crippen LogP contribution in [0.25, 0.3) is 0 Å². The van der Waals surface area contributed by atoms with E-state index in [-0.39, 0.29) is 29.4 Å². The Balaban J connectivity index is 0.00000289. The first kappa shape index (κ1) is 26.0. The third-order valence-corrected chi connectivity index (χ3v) is 7.30. The molecule has 8 heteroatoms. The van der Waals surface area contributed by atoms with Crippen molar-refractivity contribution in [3.05, 3.63) is 34.9 Å². The Hall–Kier alpha value is -0.610. The molecule has 3 heterocycles. The molecule has 3 aliphatic heterocycles. The maximum Gasteiger partial charge on any atom is 0.193 e. The van der Waals surface area contributed by atoms with Crippen molar-refractivity contribution in [2.45, 2.75) is 31.6 Å². The van der Waals surface area contributed by atoms with Crippen LogP contribution in [0, 0.1) is 5.92 Å². The highest BCUT2D eigenvalue weighted by Gasteiger charge is 2.36. The van der Waals surface area contributed by atoms with Gasteiger partial charge >= 0.3 is 0 Å². The van der Waals surface area contributed by atoms with Crippen LogP contribution < -0.4 is 5.32 Å². The molecule has 0 bridgehead atoms. The first-order valence-electron chi connectivity index (χ1n) is 11.9. The van der Waals surface area contributed by atoms with E-state index < -0.39 is 0 Å². The molecule has 0 spiro atoms. The van der Waals surface area contributed by atoms with E-state index in [1.165, 1.54) is 18.5 Å². The van der Waals surface area contributed by atoms with Gasteiger partial charge in [0, 0.05) is 62.9 Å². The molecule has 0 radical (unpaired) electrons. The van der Waals surface area contributed by atoms with Gasteiger partial charge in [-0.3, -0.25) is 9.89 Å². The number of nitrogens with zero attached hydrogens (tertiary/aromatic N) is 3. The lowest BCUT2D eigenvalue weighted by atomic mass is 9.74. The summed E-state index contributed by atoms with van der Waals surface area (Å²) in [6.07, 6.45) is 3.14. The number of ether oxygens (including phenoxy) is 2. The van der Waals surface area contributed by atoms with Crippen molar-refractivity contribution in [1.82, 2.24) is 15.1 Å². The van der Waals surface area contributed by atoms with Gasteiger partial charge < -0.3 is 19.7 Å². The van der Waals surface area contributed by atoms with Crippen molar-refractivity contribution in [2.75, 3.05) is 72.2 Å². The molecule has 3 saturated heterocycles. The van der Waals surface area contributed by atoms with Crippen LogP contribution in [0.1, 0.15) is 31.7 Å². The van der Waals surface area contributed by atoms with Crippen LogP contribution in [0.5, 0.6) is 0 Å². The molecule has 3 aliphatic rings. The molecule has 0 amide bonds. The van der Waals surface area contributed by atoms with Crippen molar-refractivity contribution in [1.29, 1.82) is 0 Å². The van der Waals surface area contributed by atoms with Crippen LogP contribution in [0.2, 0.25) is 5.02 Å². The summed E-state index contributed by atoms with van der Waals surface area (Å²) in [5.41, 5.74) is 1.16. The van der Waals surface area contributed by atoms with E-state index in [1.54, 1.807) is 0 Å². The fourth-order valence-corrected chi connectivity index (χ4v) is 5.48. The third-order valence-electron chi connectivity index (χ3n) is 6.97. The number of halogens is 2. The molecule has 6 nitrogen and oxygen atoms in total. The molecule has 3 fully saturated rings. The van der Waals surface area contributed by atoms with E-state index in [1.807, 2.05) is 12.1 Å². The molecule has 1 aromatic rings. The molecule has 1 aromatic carbocycles. The standard InChI is InChI=1S/C24H37ClN4O2.HI/c1-2-26-23(29-10-7-20(18-29)17-28-11-15-31-16-12-28)27-19-24(8-13-30-14-9-24)21-5-3-4-6-22(21)25;/h3-6,20H,2,7-19H2,1H3,(H,26,27);1H. The second-order valence-electron chi connectivity index (χ2n) is 9.06. The SMILES string of the molecule is CCNC(=NCC1(c2ccccc2Cl)CCOCC1)N1CCC(CN2CCOCC2)C1.I. The second-order valence-corrected chi connectivity index (χ2v) is 9.46. The maximum atomic E-state index is 6.63. The Morgan fingerprint density at radius 2 is 1.84 bits per heavy atom. The van der Waals surface area contributed by atoms with Crippen LogP contribution in [0.15, 0.2) is 29.3 Å². The van der Waals surface area contributed by atoms with E-state index >= 15 is 0 Å². The van der Waals surface area contributed by atoms with Gasteiger partial charge in [0.15, 0.2) is 5.96 Å². The second kappa shape index (κ2) is 12.7. The van der Waals surface area contributed by atoms with Crippen molar-refractivity contribution in [3.63, 3.8) is 0 Å². The molecule has 0 saturated carbocycles. The minimum Gasteiger partial charge on any atom is -0.381 e. The highest BCUT2D eigenvalue weighted by molar-refractivity contribution is 14.0. The molecule has 0 aromatic heterocycles. The summed E-state index contributed by atoms with van der Waals surface area (Å²) in [5, 5.41) is 4.39. The summed E-state index contributed by atoms with van der Waals surface area (Å²) in [6.45, 7) is 12.5. The molecule has 0 aliphatic carbocycles. The van der Waals surface area contributed by atoms with E-state index in [9.17, 15) is 0 Å². The predicted molar refractivity (Wildman–Crippen MR) is 142 cm³/mol. The van der Waals surface area contributed by atoms with Gasteiger partial charge in [0.25, 0.3) is 0 Å². The Bertz CT molecular complexity index is 738. The van der Waals surface area contributed by atoms with Gasteiger partial charge in [-0.15, -0.1) is 24.0 Å². The average Bonchev–Trinajstić information content (AvgIpc) is 3.26. The molecule has 1 unspecified atom stereocenters. The van der Waals surface area contributed by atoms with Crippen LogP contribution in [-0.2, 0) is 14.9 Å². The average molecular weight is 577 g/mol. The zero-order valence-corrected chi connectivity index (χ0v) is 22.3. The number of rotatable bonds is 6. The van der Waals surface area contributed by atoms with Crippen molar-refractivity contribution in [2.24, 2.45) is 10.9 Å². The molecule has 32 heavy (non-hydrogen) atoms. The lowest BCUT2D eigenvalue weighted by Crippen LogP contribution is -2.44. The molecular weight excluding hydrogens is 539 g/mol. The monoisotopic (exact) mass is 576 g/mol. The van der Waals surface area contributed by atoms with Gasteiger partial charge in [0.1, 0.15) is 0 Å². The van der Waals surface area contributed by atoms with Crippen LogP contribution in [0.3, 0.4) is 0 Å². The van der Waals surface area contributed by atoms with Gasteiger partial charge in [-0.2, -0.15) is 0 Å². The van der Waals surface area contributed by atoms with Crippen LogP contribution in [0.4, 0.5) is 0 Å². The first-order valence-corrected chi connectivity index (χ1v) is 12.2. The smallest absolute Gasteiger partial charge is 0.193 e. The number of nitrogens with one attached hydrogen (secondary N) is 1. The minimum atomic E-state index is -0.0514. The van der Waals surface area contributed by atoms with Gasteiger partial charge in [-0.25, -0.2) is 0 Å². The van der Waals surface area contributed by atoms with E-state index in [0.29, 0.717) is 5.92 Å². The van der Waals surface area contributed by atoms with Gasteiger partial charge in [0.05, 0.1) is 19.8 Å². The van der Waals surface area contributed by atoms with Crippen LogP contribution in [-0.4, -0.2) is 88.0 Å². The van der Waals surface area contributed by atoms with Crippen molar-refractivity contribution >= 4 is 41.5 Å². The largest absolute Gasteiger partial charge is 0.381 e.